The van der Waals surface area contributed by atoms with Crippen LogP contribution in [0.4, 0.5) is 4.39 Å². The molecule has 4 nitrogen and oxygen atoms in total. The van der Waals surface area contributed by atoms with E-state index in [1.165, 1.54) is 24.3 Å². The van der Waals surface area contributed by atoms with E-state index in [4.69, 9.17) is 16.3 Å². The first-order valence-electron chi connectivity index (χ1n) is 7.19. The first-order chi connectivity index (χ1) is 11.4. The van der Waals surface area contributed by atoms with Crippen molar-refractivity contribution in [3.63, 3.8) is 0 Å². The maximum absolute atomic E-state index is 12.9. The molecule has 2 aromatic rings. The van der Waals surface area contributed by atoms with Crippen molar-refractivity contribution in [2.24, 2.45) is 0 Å². The summed E-state index contributed by atoms with van der Waals surface area (Å²) in [6.45, 7) is 1.60. The highest BCUT2D eigenvalue weighted by Gasteiger charge is 2.17. The molecule has 2 atom stereocenters. The van der Waals surface area contributed by atoms with Crippen LogP contribution in [0.2, 0.25) is 5.02 Å². The molecular weight excluding hydrogens is 401 g/mol. The Bertz CT molecular complexity index is 711. The topological polar surface area (TPSA) is 58.6 Å². The smallest absolute Gasteiger partial charge is 0.260 e. The van der Waals surface area contributed by atoms with Gasteiger partial charge in [0.25, 0.3) is 5.91 Å². The van der Waals surface area contributed by atoms with Crippen LogP contribution in [-0.2, 0) is 4.79 Å². The molecule has 0 aliphatic carbocycles. The Morgan fingerprint density at radius 3 is 2.62 bits per heavy atom. The molecule has 0 bridgehead atoms. The van der Waals surface area contributed by atoms with Crippen LogP contribution in [0.15, 0.2) is 46.9 Å². The van der Waals surface area contributed by atoms with Gasteiger partial charge in [-0.25, -0.2) is 4.39 Å². The Balaban J connectivity index is 1.88. The number of carbonyl (C=O) groups is 1. The molecule has 0 aliphatic heterocycles. The minimum absolute atomic E-state index is 0.0000464. The largest absolute Gasteiger partial charge is 0.480 e. The maximum atomic E-state index is 12.9. The molecule has 0 spiro atoms. The van der Waals surface area contributed by atoms with E-state index < -0.39 is 12.2 Å². The molecule has 0 heterocycles. The highest BCUT2D eigenvalue weighted by Crippen LogP contribution is 2.28. The molecule has 0 fully saturated rings. The molecule has 128 valence electrons. The zero-order valence-corrected chi connectivity index (χ0v) is 15.1. The number of aliphatic hydroxyl groups excluding tert-OH is 1. The van der Waals surface area contributed by atoms with Crippen LogP contribution in [0.5, 0.6) is 5.75 Å². The van der Waals surface area contributed by atoms with Crippen molar-refractivity contribution in [3.8, 4) is 5.75 Å². The average Bonchev–Trinajstić information content (AvgIpc) is 2.55. The van der Waals surface area contributed by atoms with Crippen molar-refractivity contribution in [2.75, 3.05) is 6.54 Å². The van der Waals surface area contributed by atoms with Crippen LogP contribution in [0, 0.1) is 5.82 Å². The lowest BCUT2D eigenvalue weighted by Crippen LogP contribution is -2.38. The second-order valence-electron chi connectivity index (χ2n) is 5.15. The van der Waals surface area contributed by atoms with E-state index in [9.17, 15) is 14.3 Å². The molecule has 0 unspecified atom stereocenters. The summed E-state index contributed by atoms with van der Waals surface area (Å²) >= 11 is 9.16. The fraction of sp³-hybridized carbons (Fsp3) is 0.235. The van der Waals surface area contributed by atoms with E-state index in [1.807, 2.05) is 0 Å². The molecule has 24 heavy (non-hydrogen) atoms. The Kier molecular flexibility index (Phi) is 6.60. The van der Waals surface area contributed by atoms with Crippen LogP contribution in [0.3, 0.4) is 0 Å². The second-order valence-corrected chi connectivity index (χ2v) is 6.44. The number of nitrogens with one attached hydrogen (secondary N) is 1. The fourth-order valence-electron chi connectivity index (χ4n) is 1.96. The lowest BCUT2D eigenvalue weighted by Gasteiger charge is -2.17. The highest BCUT2D eigenvalue weighted by molar-refractivity contribution is 9.10. The van der Waals surface area contributed by atoms with Gasteiger partial charge in [0.1, 0.15) is 11.6 Å². The van der Waals surface area contributed by atoms with Crippen LogP contribution in [0.25, 0.3) is 0 Å². The van der Waals surface area contributed by atoms with Crippen molar-refractivity contribution in [1.82, 2.24) is 5.32 Å². The molecule has 0 aromatic heterocycles. The van der Waals surface area contributed by atoms with Gasteiger partial charge in [-0.3, -0.25) is 4.79 Å². The minimum Gasteiger partial charge on any atom is -0.480 e. The predicted octanol–water partition coefficient (Wildman–Crippen LogP) is 3.86. The van der Waals surface area contributed by atoms with Crippen LogP contribution >= 0.6 is 27.5 Å². The molecule has 7 heteroatoms. The Hall–Kier alpha value is -1.63. The lowest BCUT2D eigenvalue weighted by atomic mass is 10.1. The molecule has 0 radical (unpaired) electrons. The van der Waals surface area contributed by atoms with Gasteiger partial charge in [0.05, 0.1) is 10.6 Å². The van der Waals surface area contributed by atoms with E-state index >= 15 is 0 Å². The number of hydrogen-bond acceptors (Lipinski definition) is 3. The zero-order chi connectivity index (χ0) is 17.7. The van der Waals surface area contributed by atoms with Crippen LogP contribution < -0.4 is 10.1 Å². The summed E-state index contributed by atoms with van der Waals surface area (Å²) in [5.41, 5.74) is 0.519. The number of ether oxygens (including phenoxy) is 1. The summed E-state index contributed by atoms with van der Waals surface area (Å²) in [4.78, 5) is 12.1. The Morgan fingerprint density at radius 2 is 2.00 bits per heavy atom. The Morgan fingerprint density at radius 1 is 1.33 bits per heavy atom. The van der Waals surface area contributed by atoms with Gasteiger partial charge < -0.3 is 15.2 Å². The van der Waals surface area contributed by atoms with Crippen molar-refractivity contribution in [1.29, 1.82) is 0 Å². The third-order valence-corrected chi connectivity index (χ3v) is 4.15. The summed E-state index contributed by atoms with van der Waals surface area (Å²) in [6.07, 6.45) is -1.69. The number of halogens is 3. The number of amides is 1. The third-order valence-electron chi connectivity index (χ3n) is 3.29. The number of rotatable bonds is 6. The van der Waals surface area contributed by atoms with Crippen molar-refractivity contribution < 1.29 is 19.0 Å². The third kappa shape index (κ3) is 5.19. The number of carbonyl (C=O) groups excluding carboxylic acids is 1. The molecule has 2 N–H and O–H groups in total. The Labute approximate surface area is 152 Å². The van der Waals surface area contributed by atoms with Crippen LogP contribution in [0.1, 0.15) is 18.6 Å². The van der Waals surface area contributed by atoms with Crippen LogP contribution in [-0.4, -0.2) is 23.7 Å². The summed E-state index contributed by atoms with van der Waals surface area (Å²) < 4.78 is 19.1. The normalized spacial score (nSPS) is 13.2. The van der Waals surface area contributed by atoms with Crippen molar-refractivity contribution >= 4 is 33.4 Å². The molecule has 2 rings (SSSR count). The summed E-state index contributed by atoms with van der Waals surface area (Å²) in [7, 11) is 0. The number of hydrogen-bond donors (Lipinski definition) is 2. The first-order valence-corrected chi connectivity index (χ1v) is 8.37. The zero-order valence-electron chi connectivity index (χ0n) is 12.8. The van der Waals surface area contributed by atoms with Gasteiger partial charge in [0.2, 0.25) is 0 Å². The van der Waals surface area contributed by atoms with Crippen molar-refractivity contribution in [2.45, 2.75) is 19.1 Å². The van der Waals surface area contributed by atoms with Gasteiger partial charge in [-0.2, -0.15) is 0 Å². The van der Waals surface area contributed by atoms with E-state index in [0.717, 1.165) is 0 Å². The van der Waals surface area contributed by atoms with E-state index in [-0.39, 0.29) is 18.3 Å². The minimum atomic E-state index is -0.927. The van der Waals surface area contributed by atoms with Crippen molar-refractivity contribution in [3.05, 3.63) is 63.3 Å². The summed E-state index contributed by atoms with van der Waals surface area (Å²) in [5, 5.41) is 13.2. The number of aliphatic hydroxyl groups is 1. The predicted molar refractivity (Wildman–Crippen MR) is 93.6 cm³/mol. The van der Waals surface area contributed by atoms with Gasteiger partial charge in [0.15, 0.2) is 6.10 Å². The lowest BCUT2D eigenvalue weighted by molar-refractivity contribution is -0.127. The van der Waals surface area contributed by atoms with Gasteiger partial charge in [0, 0.05) is 11.6 Å². The quantitative estimate of drug-likeness (QED) is 0.752. The fourth-order valence-corrected chi connectivity index (χ4v) is 2.73. The molecule has 0 aliphatic rings. The van der Waals surface area contributed by atoms with E-state index in [1.54, 1.807) is 25.1 Å². The second kappa shape index (κ2) is 8.46. The van der Waals surface area contributed by atoms with E-state index in [0.29, 0.717) is 20.8 Å². The summed E-state index contributed by atoms with van der Waals surface area (Å²) in [5.74, 6) is -0.273. The summed E-state index contributed by atoms with van der Waals surface area (Å²) in [6, 6.07) is 10.4. The average molecular weight is 417 g/mol. The van der Waals surface area contributed by atoms with Gasteiger partial charge >= 0.3 is 0 Å². The highest BCUT2D eigenvalue weighted by atomic mass is 79.9. The SMILES string of the molecule is C[C@H](Oc1ccc(Cl)cc1Br)C(=O)NC[C@H](O)c1ccc(F)cc1. The van der Waals surface area contributed by atoms with Gasteiger partial charge in [-0.15, -0.1) is 0 Å². The molecule has 0 saturated heterocycles. The first kappa shape index (κ1) is 18.7. The molecule has 2 aromatic carbocycles. The monoisotopic (exact) mass is 415 g/mol. The maximum Gasteiger partial charge on any atom is 0.260 e. The number of benzene rings is 2. The van der Waals surface area contributed by atoms with Gasteiger partial charge in [-0.1, -0.05) is 23.7 Å². The standard InChI is InChI=1S/C17H16BrClFNO3/c1-10(24-16-7-4-12(19)8-14(16)18)17(23)21-9-15(22)11-2-5-13(20)6-3-11/h2-8,10,15,22H,9H2,1H3,(H,21,23)/t10-,15-/m0/s1. The van der Waals surface area contributed by atoms with Gasteiger partial charge in [-0.05, 0) is 58.7 Å². The molecule has 1 amide bonds. The molecular formula is C17H16BrClFNO3. The molecule has 0 saturated carbocycles. The van der Waals surface area contributed by atoms with E-state index in [2.05, 4.69) is 21.2 Å².